The highest BCUT2D eigenvalue weighted by atomic mass is 32.2. The number of urea groups is 1. The number of benzene rings is 2. The summed E-state index contributed by atoms with van der Waals surface area (Å²) in [7, 11) is -4.10. The predicted octanol–water partition coefficient (Wildman–Crippen LogP) is 5.48. The van der Waals surface area contributed by atoms with Crippen molar-refractivity contribution in [3.8, 4) is 5.75 Å². The molecule has 188 valence electrons. The molecule has 6 nitrogen and oxygen atoms in total. The van der Waals surface area contributed by atoms with Crippen molar-refractivity contribution in [2.45, 2.75) is 75.4 Å². The van der Waals surface area contributed by atoms with Crippen LogP contribution < -0.4 is 9.50 Å². The molecule has 0 atom stereocenters. The van der Waals surface area contributed by atoms with E-state index in [-0.39, 0.29) is 28.3 Å². The summed E-state index contributed by atoms with van der Waals surface area (Å²) in [5.41, 5.74) is 0.693. The van der Waals surface area contributed by atoms with Crippen LogP contribution in [-0.2, 0) is 16.7 Å². The van der Waals surface area contributed by atoms with Gasteiger partial charge in [0.2, 0.25) is 0 Å². The van der Waals surface area contributed by atoms with Crippen LogP contribution in [0.3, 0.4) is 0 Å². The molecule has 35 heavy (non-hydrogen) atoms. The number of carbonyl (C=O) groups is 1. The summed E-state index contributed by atoms with van der Waals surface area (Å²) >= 11 is 0. The molecule has 8 heteroatoms. The van der Waals surface area contributed by atoms with E-state index in [0.29, 0.717) is 6.54 Å². The SMILES string of the molecule is CC(C)N(Cc1cccc(OS(=O)(=O)c2ccc(F)cc2)c1)C(=O)NC12CC3CC(CC(C3)C1)C2. The van der Waals surface area contributed by atoms with E-state index in [1.807, 2.05) is 19.9 Å². The Morgan fingerprint density at radius 2 is 1.66 bits per heavy atom. The Bertz CT molecular complexity index is 1160. The van der Waals surface area contributed by atoms with Gasteiger partial charge in [-0.15, -0.1) is 0 Å². The zero-order valence-electron chi connectivity index (χ0n) is 20.2. The molecule has 4 bridgehead atoms. The number of amides is 2. The molecule has 0 heterocycles. The van der Waals surface area contributed by atoms with Crippen molar-refractivity contribution in [3.05, 3.63) is 59.9 Å². The number of nitrogens with one attached hydrogen (secondary N) is 1. The zero-order chi connectivity index (χ0) is 24.8. The average molecular weight is 501 g/mol. The fraction of sp³-hybridized carbons (Fsp3) is 0.519. The fourth-order valence-corrected chi connectivity index (χ4v) is 7.64. The molecule has 4 saturated carbocycles. The van der Waals surface area contributed by atoms with Gasteiger partial charge in [0.25, 0.3) is 0 Å². The van der Waals surface area contributed by atoms with Gasteiger partial charge in [-0.3, -0.25) is 0 Å². The predicted molar refractivity (Wildman–Crippen MR) is 131 cm³/mol. The van der Waals surface area contributed by atoms with E-state index in [1.165, 1.54) is 31.4 Å². The lowest BCUT2D eigenvalue weighted by atomic mass is 9.53. The van der Waals surface area contributed by atoms with Crippen LogP contribution in [0.1, 0.15) is 57.9 Å². The summed E-state index contributed by atoms with van der Waals surface area (Å²) in [5, 5.41) is 3.43. The second-order valence-electron chi connectivity index (χ2n) is 11.0. The highest BCUT2D eigenvalue weighted by molar-refractivity contribution is 7.87. The van der Waals surface area contributed by atoms with Crippen molar-refractivity contribution in [2.24, 2.45) is 17.8 Å². The first-order valence-electron chi connectivity index (χ1n) is 12.5. The van der Waals surface area contributed by atoms with E-state index in [9.17, 15) is 17.6 Å². The van der Waals surface area contributed by atoms with Crippen LogP contribution >= 0.6 is 0 Å². The molecule has 0 unspecified atom stereocenters. The Hall–Kier alpha value is -2.61. The third kappa shape index (κ3) is 5.17. The van der Waals surface area contributed by atoms with Crippen LogP contribution in [0.25, 0.3) is 0 Å². The van der Waals surface area contributed by atoms with Gasteiger partial charge < -0.3 is 14.4 Å². The normalized spacial score (nSPS) is 27.1. The maximum atomic E-state index is 13.5. The maximum absolute atomic E-state index is 13.5. The van der Waals surface area contributed by atoms with Gasteiger partial charge in [0, 0.05) is 18.1 Å². The summed E-state index contributed by atoms with van der Waals surface area (Å²) in [6.45, 7) is 4.31. The van der Waals surface area contributed by atoms with E-state index in [4.69, 9.17) is 4.18 Å². The van der Waals surface area contributed by atoms with Gasteiger partial charge >= 0.3 is 16.1 Å². The number of nitrogens with zero attached hydrogens (tertiary/aromatic N) is 1. The van der Waals surface area contributed by atoms with Gasteiger partial charge in [-0.05, 0) is 112 Å². The maximum Gasteiger partial charge on any atom is 0.339 e. The van der Waals surface area contributed by atoms with Gasteiger partial charge in [0.15, 0.2) is 0 Å². The number of hydrogen-bond donors (Lipinski definition) is 1. The highest BCUT2D eigenvalue weighted by Crippen LogP contribution is 2.55. The summed E-state index contributed by atoms with van der Waals surface area (Å²) in [4.78, 5) is 15.1. The molecular formula is C27H33FN2O4S. The molecule has 2 aromatic carbocycles. The van der Waals surface area contributed by atoms with E-state index in [1.54, 1.807) is 23.1 Å². The van der Waals surface area contributed by atoms with Crippen LogP contribution in [0.4, 0.5) is 9.18 Å². The topological polar surface area (TPSA) is 75.7 Å². The Kier molecular flexibility index (Phi) is 6.28. The minimum absolute atomic E-state index is 0.0311. The van der Waals surface area contributed by atoms with Gasteiger partial charge in [0.1, 0.15) is 16.5 Å². The van der Waals surface area contributed by atoms with Crippen molar-refractivity contribution in [1.29, 1.82) is 0 Å². The third-order valence-corrected chi connectivity index (χ3v) is 9.12. The highest BCUT2D eigenvalue weighted by Gasteiger charge is 2.51. The average Bonchev–Trinajstić information content (AvgIpc) is 2.76. The molecule has 0 radical (unpaired) electrons. The van der Waals surface area contributed by atoms with E-state index in [0.717, 1.165) is 54.7 Å². The quantitative estimate of drug-likeness (QED) is 0.511. The van der Waals surface area contributed by atoms with Crippen molar-refractivity contribution in [3.63, 3.8) is 0 Å². The second kappa shape index (κ2) is 9.12. The number of hydrogen-bond acceptors (Lipinski definition) is 4. The zero-order valence-corrected chi connectivity index (χ0v) is 21.1. The van der Waals surface area contributed by atoms with Crippen LogP contribution in [0.2, 0.25) is 0 Å². The molecule has 0 saturated heterocycles. The van der Waals surface area contributed by atoms with Crippen molar-refractivity contribution < 1.29 is 21.8 Å². The lowest BCUT2D eigenvalue weighted by Crippen LogP contribution is -2.62. The summed E-state index contributed by atoms with van der Waals surface area (Å²) in [5.74, 6) is 1.85. The number of halogens is 1. The molecule has 0 aromatic heterocycles. The largest absolute Gasteiger partial charge is 0.379 e. The lowest BCUT2D eigenvalue weighted by molar-refractivity contribution is -0.0163. The van der Waals surface area contributed by atoms with Crippen molar-refractivity contribution >= 4 is 16.1 Å². The Balaban J connectivity index is 1.28. The van der Waals surface area contributed by atoms with Crippen LogP contribution in [0, 0.1) is 23.6 Å². The van der Waals surface area contributed by atoms with E-state index in [2.05, 4.69) is 5.32 Å². The van der Waals surface area contributed by atoms with E-state index < -0.39 is 15.9 Å². The minimum Gasteiger partial charge on any atom is -0.379 e. The molecular weight excluding hydrogens is 467 g/mol. The fourth-order valence-electron chi connectivity index (χ4n) is 6.72. The standard InChI is InChI=1S/C27H33FN2O4S/c1-18(2)30(26(31)29-27-14-20-10-21(15-27)12-22(11-20)16-27)17-19-4-3-5-24(13-19)34-35(32,33)25-8-6-23(28)7-9-25/h3-9,13,18,20-22H,10-12,14-17H2,1-2H3,(H,29,31). The van der Waals surface area contributed by atoms with Gasteiger partial charge in [-0.2, -0.15) is 8.42 Å². The second-order valence-corrected chi connectivity index (χ2v) is 12.5. The molecule has 4 aliphatic rings. The van der Waals surface area contributed by atoms with E-state index >= 15 is 0 Å². The first-order chi connectivity index (χ1) is 16.6. The van der Waals surface area contributed by atoms with Crippen LogP contribution in [0.5, 0.6) is 5.75 Å². The number of carbonyl (C=O) groups excluding carboxylic acids is 1. The van der Waals surface area contributed by atoms with Gasteiger partial charge in [-0.1, -0.05) is 12.1 Å². The first-order valence-corrected chi connectivity index (χ1v) is 13.9. The summed E-state index contributed by atoms with van der Waals surface area (Å²) < 4.78 is 43.7. The Labute approximate surface area is 207 Å². The van der Waals surface area contributed by atoms with Gasteiger partial charge in [-0.25, -0.2) is 9.18 Å². The first kappa shape index (κ1) is 24.1. The monoisotopic (exact) mass is 500 g/mol. The van der Waals surface area contributed by atoms with Crippen molar-refractivity contribution in [1.82, 2.24) is 10.2 Å². The third-order valence-electron chi connectivity index (χ3n) is 7.85. The molecule has 4 aliphatic carbocycles. The molecule has 0 aliphatic heterocycles. The Morgan fingerprint density at radius 1 is 1.06 bits per heavy atom. The molecule has 2 aromatic rings. The van der Waals surface area contributed by atoms with Crippen LogP contribution in [0.15, 0.2) is 53.4 Å². The Morgan fingerprint density at radius 3 is 2.23 bits per heavy atom. The lowest BCUT2D eigenvalue weighted by Gasteiger charge is -2.57. The molecule has 2 amide bonds. The smallest absolute Gasteiger partial charge is 0.339 e. The van der Waals surface area contributed by atoms with Crippen molar-refractivity contribution in [2.75, 3.05) is 0 Å². The summed E-state index contributed by atoms with van der Waals surface area (Å²) in [6.07, 6.45) is 7.20. The molecule has 4 fully saturated rings. The number of rotatable bonds is 7. The molecule has 0 spiro atoms. The molecule has 1 N–H and O–H groups in total. The minimum atomic E-state index is -4.10. The summed E-state index contributed by atoms with van der Waals surface area (Å²) in [6, 6.07) is 11.2. The van der Waals surface area contributed by atoms with Gasteiger partial charge in [0.05, 0.1) is 0 Å². The van der Waals surface area contributed by atoms with Crippen LogP contribution in [-0.4, -0.2) is 30.9 Å². The molecule has 6 rings (SSSR count).